The molecule has 0 unspecified atom stereocenters. The van der Waals surface area contributed by atoms with Crippen molar-refractivity contribution in [2.24, 2.45) is 5.10 Å². The van der Waals surface area contributed by atoms with Gasteiger partial charge >= 0.3 is 0 Å². The highest BCUT2D eigenvalue weighted by atomic mass is 79.9. The molecule has 0 fully saturated rings. The van der Waals surface area contributed by atoms with Crippen LogP contribution in [0.5, 0.6) is 5.75 Å². The predicted octanol–water partition coefficient (Wildman–Crippen LogP) is 4.19. The van der Waals surface area contributed by atoms with Gasteiger partial charge in [-0.2, -0.15) is 9.78 Å². The van der Waals surface area contributed by atoms with E-state index in [1.54, 1.807) is 12.1 Å². The quantitative estimate of drug-likeness (QED) is 0.588. The van der Waals surface area contributed by atoms with Crippen LogP contribution in [-0.4, -0.2) is 21.0 Å². The molecule has 0 atom stereocenters. The summed E-state index contributed by atoms with van der Waals surface area (Å²) in [4.78, 5) is 18.6. The topological polar surface area (TPSA) is 67.5 Å². The molecule has 0 saturated heterocycles. The Balaban J connectivity index is 2.10. The molecule has 23 heavy (non-hydrogen) atoms. The number of rotatable bonds is 2. The van der Waals surface area contributed by atoms with E-state index in [1.807, 2.05) is 13.8 Å². The zero-order valence-electron chi connectivity index (χ0n) is 12.2. The maximum atomic E-state index is 12.5. The Kier molecular flexibility index (Phi) is 4.39. The van der Waals surface area contributed by atoms with Gasteiger partial charge in [-0.25, -0.2) is 4.98 Å². The summed E-state index contributed by atoms with van der Waals surface area (Å²) in [7, 11) is 0. The van der Waals surface area contributed by atoms with Crippen molar-refractivity contribution in [3.05, 3.63) is 53.8 Å². The van der Waals surface area contributed by atoms with Gasteiger partial charge in [0.05, 0.1) is 16.1 Å². The van der Waals surface area contributed by atoms with Crippen molar-refractivity contribution in [3.8, 4) is 5.75 Å². The fourth-order valence-corrected chi connectivity index (χ4v) is 4.36. The van der Waals surface area contributed by atoms with E-state index in [4.69, 9.17) is 0 Å². The van der Waals surface area contributed by atoms with Gasteiger partial charge in [-0.05, 0) is 47.5 Å². The number of nitrogens with zero attached hydrogens (tertiary/aromatic N) is 3. The molecule has 3 rings (SSSR count). The molecule has 8 heteroatoms. The van der Waals surface area contributed by atoms with Crippen molar-refractivity contribution >= 4 is 59.6 Å². The number of aromatic hydroxyl groups is 1. The number of phenols is 1. The number of hydrogen-bond acceptors (Lipinski definition) is 5. The first-order chi connectivity index (χ1) is 10.9. The monoisotopic (exact) mass is 455 g/mol. The maximum absolute atomic E-state index is 12.5. The van der Waals surface area contributed by atoms with Crippen LogP contribution in [0.2, 0.25) is 0 Å². The van der Waals surface area contributed by atoms with Crippen LogP contribution < -0.4 is 5.56 Å². The van der Waals surface area contributed by atoms with Crippen molar-refractivity contribution in [1.82, 2.24) is 9.66 Å². The first-order valence-electron chi connectivity index (χ1n) is 6.58. The Hall–Kier alpha value is -1.51. The Bertz CT molecular complexity index is 1010. The van der Waals surface area contributed by atoms with Crippen LogP contribution in [-0.2, 0) is 0 Å². The van der Waals surface area contributed by atoms with Gasteiger partial charge in [0.1, 0.15) is 16.9 Å². The molecule has 0 aliphatic carbocycles. The standard InChI is InChI=1S/C15H11Br2N3O2S/c1-7-8(2)23-14-12(7)15(22)20(6-18-14)19-5-9-3-10(16)4-11(17)13(9)21/h3-6,21H,1-2H3/b19-5+. The van der Waals surface area contributed by atoms with E-state index in [0.717, 1.165) is 14.9 Å². The van der Waals surface area contributed by atoms with E-state index in [1.165, 1.54) is 28.6 Å². The van der Waals surface area contributed by atoms with Crippen LogP contribution in [0.1, 0.15) is 16.0 Å². The zero-order chi connectivity index (χ0) is 16.7. The number of thiophene rings is 1. The molecule has 2 heterocycles. The molecular weight excluding hydrogens is 446 g/mol. The molecule has 0 radical (unpaired) electrons. The van der Waals surface area contributed by atoms with Crippen LogP contribution in [0.4, 0.5) is 0 Å². The summed E-state index contributed by atoms with van der Waals surface area (Å²) in [6, 6.07) is 3.44. The molecular formula is C15H11Br2N3O2S. The van der Waals surface area contributed by atoms with E-state index in [-0.39, 0.29) is 11.3 Å². The molecule has 0 amide bonds. The summed E-state index contributed by atoms with van der Waals surface area (Å²) in [6.07, 6.45) is 2.81. The lowest BCUT2D eigenvalue weighted by Gasteiger charge is -2.03. The summed E-state index contributed by atoms with van der Waals surface area (Å²) in [5.74, 6) is 0.0570. The van der Waals surface area contributed by atoms with Gasteiger partial charge in [-0.3, -0.25) is 4.79 Å². The normalized spacial score (nSPS) is 11.7. The van der Waals surface area contributed by atoms with Crippen molar-refractivity contribution in [1.29, 1.82) is 0 Å². The SMILES string of the molecule is Cc1sc2ncn(/N=C/c3cc(Br)cc(Br)c3O)c(=O)c2c1C. The Morgan fingerprint density at radius 2 is 2.09 bits per heavy atom. The molecule has 5 nitrogen and oxygen atoms in total. The van der Waals surface area contributed by atoms with Crippen LogP contribution in [0.3, 0.4) is 0 Å². The second-order valence-electron chi connectivity index (χ2n) is 4.93. The van der Waals surface area contributed by atoms with Gasteiger partial charge in [0.2, 0.25) is 0 Å². The third-order valence-electron chi connectivity index (χ3n) is 3.45. The number of hydrogen-bond donors (Lipinski definition) is 1. The lowest BCUT2D eigenvalue weighted by molar-refractivity contribution is 0.471. The Morgan fingerprint density at radius 3 is 2.83 bits per heavy atom. The molecule has 0 saturated carbocycles. The third-order valence-corrected chi connectivity index (χ3v) is 5.63. The number of aromatic nitrogens is 2. The summed E-state index contributed by atoms with van der Waals surface area (Å²) < 4.78 is 2.50. The Labute approximate surface area is 152 Å². The van der Waals surface area contributed by atoms with E-state index in [0.29, 0.717) is 20.3 Å². The predicted molar refractivity (Wildman–Crippen MR) is 99.9 cm³/mol. The first-order valence-corrected chi connectivity index (χ1v) is 8.98. The van der Waals surface area contributed by atoms with Gasteiger partial charge in [0.25, 0.3) is 5.56 Å². The lowest BCUT2D eigenvalue weighted by atomic mass is 10.2. The number of phenolic OH excluding ortho intramolecular Hbond substituents is 1. The van der Waals surface area contributed by atoms with Crippen molar-refractivity contribution < 1.29 is 5.11 Å². The van der Waals surface area contributed by atoms with Gasteiger partial charge in [0.15, 0.2) is 0 Å². The average molecular weight is 457 g/mol. The average Bonchev–Trinajstić information content (AvgIpc) is 2.79. The van der Waals surface area contributed by atoms with E-state index in [2.05, 4.69) is 41.9 Å². The molecule has 118 valence electrons. The number of fused-ring (bicyclic) bond motifs is 1. The van der Waals surface area contributed by atoms with Gasteiger partial charge < -0.3 is 5.11 Å². The maximum Gasteiger partial charge on any atom is 0.282 e. The number of aryl methyl sites for hydroxylation is 2. The molecule has 1 aromatic carbocycles. The Morgan fingerprint density at radius 1 is 1.35 bits per heavy atom. The summed E-state index contributed by atoms with van der Waals surface area (Å²) in [6.45, 7) is 3.87. The molecule has 3 aromatic rings. The van der Waals surface area contributed by atoms with Crippen LogP contribution in [0.15, 0.2) is 37.3 Å². The zero-order valence-corrected chi connectivity index (χ0v) is 16.2. The van der Waals surface area contributed by atoms with Crippen molar-refractivity contribution in [3.63, 3.8) is 0 Å². The van der Waals surface area contributed by atoms with Crippen molar-refractivity contribution in [2.45, 2.75) is 13.8 Å². The molecule has 0 aliphatic heterocycles. The minimum Gasteiger partial charge on any atom is -0.506 e. The number of halogens is 2. The largest absolute Gasteiger partial charge is 0.506 e. The van der Waals surface area contributed by atoms with E-state index < -0.39 is 0 Å². The van der Waals surface area contributed by atoms with Crippen LogP contribution >= 0.6 is 43.2 Å². The van der Waals surface area contributed by atoms with E-state index >= 15 is 0 Å². The van der Waals surface area contributed by atoms with Gasteiger partial charge in [0, 0.05) is 14.9 Å². The van der Waals surface area contributed by atoms with Crippen LogP contribution in [0.25, 0.3) is 10.2 Å². The summed E-state index contributed by atoms with van der Waals surface area (Å²) in [5.41, 5.74) is 1.19. The smallest absolute Gasteiger partial charge is 0.282 e. The van der Waals surface area contributed by atoms with Crippen molar-refractivity contribution in [2.75, 3.05) is 0 Å². The highest BCUT2D eigenvalue weighted by Gasteiger charge is 2.12. The molecule has 2 aromatic heterocycles. The minimum absolute atomic E-state index is 0.0570. The summed E-state index contributed by atoms with van der Waals surface area (Å²) in [5, 5.41) is 14.8. The fourth-order valence-electron chi connectivity index (χ4n) is 2.12. The van der Waals surface area contributed by atoms with Gasteiger partial charge in [-0.15, -0.1) is 11.3 Å². The molecule has 1 N–H and O–H groups in total. The summed E-state index contributed by atoms with van der Waals surface area (Å²) >= 11 is 8.11. The second kappa shape index (κ2) is 6.18. The van der Waals surface area contributed by atoms with Crippen LogP contribution in [0, 0.1) is 13.8 Å². The molecule has 0 bridgehead atoms. The lowest BCUT2D eigenvalue weighted by Crippen LogP contribution is -2.17. The number of benzene rings is 1. The van der Waals surface area contributed by atoms with Gasteiger partial charge in [-0.1, -0.05) is 15.9 Å². The highest BCUT2D eigenvalue weighted by Crippen LogP contribution is 2.30. The molecule has 0 spiro atoms. The highest BCUT2D eigenvalue weighted by molar-refractivity contribution is 9.11. The first kappa shape index (κ1) is 16.4. The molecule has 0 aliphatic rings. The second-order valence-corrected chi connectivity index (χ2v) is 7.90. The third kappa shape index (κ3) is 2.98. The van der Waals surface area contributed by atoms with E-state index in [9.17, 15) is 9.90 Å². The minimum atomic E-state index is -0.221. The fraction of sp³-hybridized carbons (Fsp3) is 0.133.